The number of aromatic nitrogens is 2. The van der Waals surface area contributed by atoms with E-state index in [4.69, 9.17) is 0 Å². The van der Waals surface area contributed by atoms with Crippen LogP contribution >= 0.6 is 0 Å². The highest BCUT2D eigenvalue weighted by Gasteiger charge is 2.61. The lowest BCUT2D eigenvalue weighted by Gasteiger charge is -2.16. The molecule has 5 nitrogen and oxygen atoms in total. The van der Waals surface area contributed by atoms with Crippen molar-refractivity contribution in [2.45, 2.75) is 38.6 Å². The first-order valence-corrected chi connectivity index (χ1v) is 7.50. The Bertz CT molecular complexity index is 539. The van der Waals surface area contributed by atoms with E-state index in [-0.39, 0.29) is 17.2 Å². The average molecular weight is 272 g/mol. The lowest BCUT2D eigenvalue weighted by atomic mass is 10.0. The summed E-state index contributed by atoms with van der Waals surface area (Å²) in [7, 11) is 0. The number of anilines is 1. The van der Waals surface area contributed by atoms with Crippen molar-refractivity contribution in [1.29, 1.82) is 0 Å². The molecular formula is C15H20N4O. The van der Waals surface area contributed by atoms with Crippen molar-refractivity contribution < 1.29 is 4.79 Å². The Labute approximate surface area is 118 Å². The van der Waals surface area contributed by atoms with Gasteiger partial charge in [-0.05, 0) is 38.2 Å². The van der Waals surface area contributed by atoms with Crippen molar-refractivity contribution >= 4 is 11.9 Å². The van der Waals surface area contributed by atoms with Crippen molar-refractivity contribution in [3.05, 3.63) is 18.0 Å². The van der Waals surface area contributed by atoms with E-state index < -0.39 is 0 Å². The number of hydrogen-bond donors (Lipinski definition) is 1. The van der Waals surface area contributed by atoms with Crippen LogP contribution in [0.5, 0.6) is 0 Å². The maximum absolute atomic E-state index is 12.1. The largest absolute Gasteiger partial charge is 0.353 e. The van der Waals surface area contributed by atoms with E-state index >= 15 is 0 Å². The Morgan fingerprint density at radius 3 is 2.85 bits per heavy atom. The summed E-state index contributed by atoms with van der Waals surface area (Å²) in [6.07, 6.45) is 8.17. The molecule has 1 aliphatic heterocycles. The molecule has 1 aromatic heterocycles. The first kappa shape index (κ1) is 12.1. The van der Waals surface area contributed by atoms with Crippen molar-refractivity contribution in [2.24, 2.45) is 11.3 Å². The van der Waals surface area contributed by atoms with Crippen LogP contribution < -0.4 is 10.2 Å². The predicted octanol–water partition coefficient (Wildman–Crippen LogP) is 1.28. The Morgan fingerprint density at radius 1 is 1.40 bits per heavy atom. The zero-order chi connectivity index (χ0) is 13.7. The second kappa shape index (κ2) is 4.17. The van der Waals surface area contributed by atoms with Gasteiger partial charge in [-0.15, -0.1) is 0 Å². The fourth-order valence-electron chi connectivity index (χ4n) is 3.31. The second-order valence-electron chi connectivity index (χ2n) is 6.63. The highest BCUT2D eigenvalue weighted by atomic mass is 16.2. The highest BCUT2D eigenvalue weighted by Crippen LogP contribution is 2.58. The zero-order valence-corrected chi connectivity index (χ0v) is 11.8. The van der Waals surface area contributed by atoms with E-state index in [1.165, 1.54) is 0 Å². The fourth-order valence-corrected chi connectivity index (χ4v) is 3.31. The normalized spacial score (nSPS) is 31.6. The third kappa shape index (κ3) is 2.05. The summed E-state index contributed by atoms with van der Waals surface area (Å²) in [5.74, 6) is 1.30. The standard InChI is InChI=1S/C15H20N4O/c1-10-7-16-14(17-8-10)19-5-4-15(9-19)6-12(15)13(20)18-11-2-3-11/h7-8,11-12H,2-6,9H2,1H3,(H,18,20)/t12-,15-/m0/s1. The smallest absolute Gasteiger partial charge is 0.225 e. The molecule has 4 rings (SSSR count). The predicted molar refractivity (Wildman–Crippen MR) is 75.3 cm³/mol. The Morgan fingerprint density at radius 2 is 2.15 bits per heavy atom. The zero-order valence-electron chi connectivity index (χ0n) is 11.8. The van der Waals surface area contributed by atoms with Gasteiger partial charge in [-0.1, -0.05) is 0 Å². The molecule has 20 heavy (non-hydrogen) atoms. The molecule has 3 fully saturated rings. The van der Waals surface area contributed by atoms with E-state index in [1.807, 2.05) is 19.3 Å². The van der Waals surface area contributed by atoms with Crippen LogP contribution in [0.3, 0.4) is 0 Å². The molecule has 1 spiro atoms. The molecule has 2 saturated carbocycles. The van der Waals surface area contributed by atoms with E-state index in [0.29, 0.717) is 6.04 Å². The summed E-state index contributed by atoms with van der Waals surface area (Å²) < 4.78 is 0. The molecule has 1 amide bonds. The molecule has 5 heteroatoms. The highest BCUT2D eigenvalue weighted by molar-refractivity contribution is 5.83. The van der Waals surface area contributed by atoms with E-state index in [2.05, 4.69) is 20.2 Å². The molecule has 2 aliphatic carbocycles. The summed E-state index contributed by atoms with van der Waals surface area (Å²) in [6.45, 7) is 3.89. The van der Waals surface area contributed by atoms with Crippen molar-refractivity contribution in [3.8, 4) is 0 Å². The summed E-state index contributed by atoms with van der Waals surface area (Å²) >= 11 is 0. The molecule has 1 N–H and O–H groups in total. The van der Waals surface area contributed by atoms with Gasteiger partial charge in [0, 0.05) is 42.9 Å². The number of carbonyl (C=O) groups excluding carboxylic acids is 1. The van der Waals surface area contributed by atoms with Crippen molar-refractivity contribution in [1.82, 2.24) is 15.3 Å². The van der Waals surface area contributed by atoms with Crippen LogP contribution in [-0.2, 0) is 4.79 Å². The molecule has 2 heterocycles. The number of hydrogen-bond acceptors (Lipinski definition) is 4. The first-order valence-electron chi connectivity index (χ1n) is 7.50. The van der Waals surface area contributed by atoms with Crippen LogP contribution in [0.1, 0.15) is 31.2 Å². The van der Waals surface area contributed by atoms with Gasteiger partial charge in [-0.25, -0.2) is 9.97 Å². The maximum atomic E-state index is 12.1. The molecule has 1 saturated heterocycles. The monoisotopic (exact) mass is 272 g/mol. The summed E-state index contributed by atoms with van der Waals surface area (Å²) in [4.78, 5) is 23.2. The van der Waals surface area contributed by atoms with Crippen LogP contribution in [0.15, 0.2) is 12.4 Å². The van der Waals surface area contributed by atoms with E-state index in [1.54, 1.807) is 0 Å². The summed E-state index contributed by atoms with van der Waals surface area (Å²) in [5.41, 5.74) is 1.28. The minimum absolute atomic E-state index is 0.202. The summed E-state index contributed by atoms with van der Waals surface area (Å²) in [5, 5.41) is 3.14. The lowest BCUT2D eigenvalue weighted by Crippen LogP contribution is -2.30. The molecule has 1 aromatic rings. The number of nitrogens with one attached hydrogen (secondary N) is 1. The molecule has 2 atom stereocenters. The van der Waals surface area contributed by atoms with Gasteiger partial charge in [0.15, 0.2) is 0 Å². The van der Waals surface area contributed by atoms with Crippen LogP contribution in [0.25, 0.3) is 0 Å². The molecule has 0 unspecified atom stereocenters. The third-order valence-corrected chi connectivity index (χ3v) is 4.87. The number of nitrogens with zero attached hydrogens (tertiary/aromatic N) is 3. The van der Waals surface area contributed by atoms with Gasteiger partial charge in [0.25, 0.3) is 0 Å². The number of carbonyl (C=O) groups is 1. The minimum Gasteiger partial charge on any atom is -0.353 e. The van der Waals surface area contributed by atoms with Crippen LogP contribution in [-0.4, -0.2) is 35.0 Å². The fraction of sp³-hybridized carbons (Fsp3) is 0.667. The lowest BCUT2D eigenvalue weighted by molar-refractivity contribution is -0.123. The minimum atomic E-state index is 0.202. The Hall–Kier alpha value is -1.65. The van der Waals surface area contributed by atoms with Gasteiger partial charge in [0.2, 0.25) is 11.9 Å². The first-order chi connectivity index (χ1) is 9.66. The van der Waals surface area contributed by atoms with Gasteiger partial charge in [-0.3, -0.25) is 4.79 Å². The summed E-state index contributed by atoms with van der Waals surface area (Å²) in [6, 6.07) is 0.470. The molecule has 0 aromatic carbocycles. The van der Waals surface area contributed by atoms with Gasteiger partial charge >= 0.3 is 0 Å². The Kier molecular flexibility index (Phi) is 2.53. The van der Waals surface area contributed by atoms with E-state index in [0.717, 1.165) is 50.3 Å². The van der Waals surface area contributed by atoms with Gasteiger partial charge < -0.3 is 10.2 Å². The SMILES string of the molecule is Cc1cnc(N2CC[C@]3(C[C@H]3C(=O)NC3CC3)C2)nc1. The van der Waals surface area contributed by atoms with E-state index in [9.17, 15) is 4.79 Å². The molecule has 3 aliphatic rings. The molecule has 0 bridgehead atoms. The van der Waals surface area contributed by atoms with Crippen LogP contribution in [0, 0.1) is 18.3 Å². The maximum Gasteiger partial charge on any atom is 0.225 e. The quantitative estimate of drug-likeness (QED) is 0.900. The Balaban J connectivity index is 1.41. The van der Waals surface area contributed by atoms with Crippen molar-refractivity contribution in [3.63, 3.8) is 0 Å². The molecule has 106 valence electrons. The number of amides is 1. The van der Waals surface area contributed by atoms with Crippen LogP contribution in [0.2, 0.25) is 0 Å². The van der Waals surface area contributed by atoms with Gasteiger partial charge in [0.1, 0.15) is 0 Å². The number of rotatable bonds is 3. The van der Waals surface area contributed by atoms with Gasteiger partial charge in [0.05, 0.1) is 0 Å². The third-order valence-electron chi connectivity index (χ3n) is 4.87. The second-order valence-corrected chi connectivity index (χ2v) is 6.63. The average Bonchev–Trinajstić information content (AvgIpc) is 3.30. The van der Waals surface area contributed by atoms with Gasteiger partial charge in [-0.2, -0.15) is 0 Å². The molecule has 0 radical (unpaired) electrons. The topological polar surface area (TPSA) is 58.1 Å². The number of aryl methyl sites for hydroxylation is 1. The van der Waals surface area contributed by atoms with Crippen LogP contribution in [0.4, 0.5) is 5.95 Å². The van der Waals surface area contributed by atoms with Crippen molar-refractivity contribution in [2.75, 3.05) is 18.0 Å². The molecular weight excluding hydrogens is 252 g/mol.